The van der Waals surface area contributed by atoms with E-state index >= 15 is 0 Å². The number of nitrogens with one attached hydrogen (secondary N) is 1. The second-order valence-electron chi connectivity index (χ2n) is 4.14. The van der Waals surface area contributed by atoms with Crippen molar-refractivity contribution in [3.05, 3.63) is 18.1 Å². The van der Waals surface area contributed by atoms with Gasteiger partial charge in [-0.05, 0) is 27.2 Å². The first-order valence-electron chi connectivity index (χ1n) is 5.91. The maximum Gasteiger partial charge on any atom is 0.144 e. The van der Waals surface area contributed by atoms with E-state index in [2.05, 4.69) is 40.4 Å². The maximum atomic E-state index is 4.41. The summed E-state index contributed by atoms with van der Waals surface area (Å²) in [6, 6.07) is 0.556. The molecule has 4 nitrogen and oxygen atoms in total. The molecule has 0 radical (unpaired) electrons. The van der Waals surface area contributed by atoms with Gasteiger partial charge in [0.1, 0.15) is 5.82 Å². The number of thioether (sulfide) groups is 1. The lowest BCUT2D eigenvalue weighted by Crippen LogP contribution is -2.30. The van der Waals surface area contributed by atoms with Crippen molar-refractivity contribution in [2.24, 2.45) is 0 Å². The Morgan fingerprint density at radius 3 is 2.71 bits per heavy atom. The fourth-order valence-electron chi connectivity index (χ4n) is 1.49. The zero-order valence-electron chi connectivity index (χ0n) is 11.1. The minimum absolute atomic E-state index is 0.556. The number of aromatic nitrogens is 2. The fourth-order valence-corrected chi connectivity index (χ4v) is 2.23. The summed E-state index contributed by atoms with van der Waals surface area (Å²) in [6.07, 6.45) is 5.78. The van der Waals surface area contributed by atoms with E-state index in [0.29, 0.717) is 6.04 Å². The number of rotatable bonds is 7. The van der Waals surface area contributed by atoms with Crippen LogP contribution < -0.4 is 5.32 Å². The van der Waals surface area contributed by atoms with Crippen LogP contribution in [0.2, 0.25) is 0 Å². The van der Waals surface area contributed by atoms with Crippen LogP contribution in [0.4, 0.5) is 5.82 Å². The summed E-state index contributed by atoms with van der Waals surface area (Å²) in [7, 11) is 2.13. The van der Waals surface area contributed by atoms with Gasteiger partial charge in [0.2, 0.25) is 0 Å². The second kappa shape index (κ2) is 7.50. The number of hydrogen-bond acceptors (Lipinski definition) is 5. The minimum Gasteiger partial charge on any atom is -0.369 e. The molecule has 0 amide bonds. The van der Waals surface area contributed by atoms with Crippen molar-refractivity contribution < 1.29 is 0 Å². The summed E-state index contributed by atoms with van der Waals surface area (Å²) in [5.41, 5.74) is 1.02. The molecule has 1 aromatic heterocycles. The summed E-state index contributed by atoms with van der Waals surface area (Å²) in [5.74, 6) is 1.98. The van der Waals surface area contributed by atoms with Gasteiger partial charge < -0.3 is 5.32 Å². The van der Waals surface area contributed by atoms with Crippen molar-refractivity contribution >= 4 is 17.6 Å². The Balaban J connectivity index is 2.50. The summed E-state index contributed by atoms with van der Waals surface area (Å²) in [4.78, 5) is 11.0. The monoisotopic (exact) mass is 254 g/mol. The second-order valence-corrected chi connectivity index (χ2v) is 5.05. The highest BCUT2D eigenvalue weighted by atomic mass is 32.2. The van der Waals surface area contributed by atoms with Gasteiger partial charge in [-0.25, -0.2) is 4.98 Å². The van der Waals surface area contributed by atoms with Gasteiger partial charge in [-0.1, -0.05) is 0 Å². The lowest BCUT2D eigenvalue weighted by Gasteiger charge is -2.23. The van der Waals surface area contributed by atoms with Gasteiger partial charge in [-0.3, -0.25) is 9.88 Å². The third-order valence-electron chi connectivity index (χ3n) is 2.63. The Bertz CT molecular complexity index is 315. The van der Waals surface area contributed by atoms with Gasteiger partial charge >= 0.3 is 0 Å². The minimum atomic E-state index is 0.556. The molecule has 5 heteroatoms. The normalized spacial score (nSPS) is 12.8. The van der Waals surface area contributed by atoms with Crippen molar-refractivity contribution in [2.45, 2.75) is 26.4 Å². The van der Waals surface area contributed by atoms with Crippen LogP contribution >= 0.6 is 11.8 Å². The molecule has 1 rings (SSSR count). The van der Waals surface area contributed by atoms with E-state index < -0.39 is 0 Å². The first kappa shape index (κ1) is 14.3. The molecule has 0 bridgehead atoms. The van der Waals surface area contributed by atoms with Crippen molar-refractivity contribution in [1.82, 2.24) is 14.9 Å². The lowest BCUT2D eigenvalue weighted by molar-refractivity contribution is 0.266. The average molecular weight is 254 g/mol. The zero-order chi connectivity index (χ0) is 12.7. The van der Waals surface area contributed by atoms with Crippen molar-refractivity contribution in [2.75, 3.05) is 30.9 Å². The number of nitrogens with zero attached hydrogens (tertiary/aromatic N) is 3. The van der Waals surface area contributed by atoms with E-state index in [1.807, 2.05) is 24.9 Å². The molecule has 1 aromatic rings. The zero-order valence-corrected chi connectivity index (χ0v) is 11.9. The van der Waals surface area contributed by atoms with E-state index in [9.17, 15) is 0 Å². The van der Waals surface area contributed by atoms with Crippen LogP contribution in [0.5, 0.6) is 0 Å². The van der Waals surface area contributed by atoms with Crippen molar-refractivity contribution in [3.8, 4) is 0 Å². The Labute approximate surface area is 108 Å². The van der Waals surface area contributed by atoms with E-state index in [4.69, 9.17) is 0 Å². The molecule has 0 fully saturated rings. The lowest BCUT2D eigenvalue weighted by atomic mass is 10.3. The van der Waals surface area contributed by atoms with Crippen LogP contribution in [0.3, 0.4) is 0 Å². The van der Waals surface area contributed by atoms with Crippen molar-refractivity contribution in [3.63, 3.8) is 0 Å². The molecule has 0 spiro atoms. The standard InChI is InChI=1S/C12H22N4S/c1-5-13-12-7-14-11(6-15-12)8-16(3)10(2)9-17-4/h6-7,10H,5,8-9H2,1-4H3,(H,13,15). The molecule has 0 saturated heterocycles. The smallest absolute Gasteiger partial charge is 0.144 e. The molecule has 1 N–H and O–H groups in total. The topological polar surface area (TPSA) is 41.1 Å². The molecule has 17 heavy (non-hydrogen) atoms. The molecule has 96 valence electrons. The molecule has 1 heterocycles. The Morgan fingerprint density at radius 1 is 1.41 bits per heavy atom. The third-order valence-corrected chi connectivity index (χ3v) is 3.45. The maximum absolute atomic E-state index is 4.41. The summed E-state index contributed by atoms with van der Waals surface area (Å²) in [5, 5.41) is 3.14. The molecule has 0 aliphatic carbocycles. The van der Waals surface area contributed by atoms with E-state index in [1.54, 1.807) is 6.20 Å². The summed E-state index contributed by atoms with van der Waals surface area (Å²) < 4.78 is 0. The highest BCUT2D eigenvalue weighted by Crippen LogP contribution is 2.08. The van der Waals surface area contributed by atoms with Gasteiger partial charge in [-0.2, -0.15) is 11.8 Å². The molecule has 0 aliphatic heterocycles. The van der Waals surface area contributed by atoms with Gasteiger partial charge in [0.05, 0.1) is 18.1 Å². The Kier molecular flexibility index (Phi) is 6.29. The van der Waals surface area contributed by atoms with E-state index in [1.165, 1.54) is 0 Å². The summed E-state index contributed by atoms with van der Waals surface area (Å²) >= 11 is 1.87. The first-order chi connectivity index (χ1) is 8.17. The van der Waals surface area contributed by atoms with Crippen LogP contribution in [0.25, 0.3) is 0 Å². The average Bonchev–Trinajstić information content (AvgIpc) is 2.32. The van der Waals surface area contributed by atoms with Crippen LogP contribution in [0, 0.1) is 0 Å². The molecule has 0 aromatic carbocycles. The molecule has 0 saturated carbocycles. The molecule has 1 unspecified atom stereocenters. The Hall–Kier alpha value is -0.810. The highest BCUT2D eigenvalue weighted by molar-refractivity contribution is 7.98. The molecule has 1 atom stereocenters. The van der Waals surface area contributed by atoms with Gasteiger partial charge in [-0.15, -0.1) is 0 Å². The van der Waals surface area contributed by atoms with Crippen LogP contribution in [-0.2, 0) is 6.54 Å². The highest BCUT2D eigenvalue weighted by Gasteiger charge is 2.09. The molecular formula is C12H22N4S. The van der Waals surface area contributed by atoms with Crippen LogP contribution in [-0.4, -0.2) is 46.5 Å². The molecule has 0 aliphatic rings. The van der Waals surface area contributed by atoms with E-state index in [-0.39, 0.29) is 0 Å². The predicted molar refractivity (Wildman–Crippen MR) is 75.5 cm³/mol. The largest absolute Gasteiger partial charge is 0.369 e. The SMILES string of the molecule is CCNc1cnc(CN(C)C(C)CSC)cn1. The third kappa shape index (κ3) is 4.91. The quantitative estimate of drug-likeness (QED) is 0.807. The molecular weight excluding hydrogens is 232 g/mol. The van der Waals surface area contributed by atoms with E-state index in [0.717, 1.165) is 30.4 Å². The van der Waals surface area contributed by atoms with Gasteiger partial charge in [0.25, 0.3) is 0 Å². The number of anilines is 1. The fraction of sp³-hybridized carbons (Fsp3) is 0.667. The van der Waals surface area contributed by atoms with Gasteiger partial charge in [0.15, 0.2) is 0 Å². The first-order valence-corrected chi connectivity index (χ1v) is 7.30. The Morgan fingerprint density at radius 2 is 2.18 bits per heavy atom. The van der Waals surface area contributed by atoms with Crippen LogP contribution in [0.1, 0.15) is 19.5 Å². The summed E-state index contributed by atoms with van der Waals surface area (Å²) in [6.45, 7) is 6.00. The van der Waals surface area contributed by atoms with Crippen LogP contribution in [0.15, 0.2) is 12.4 Å². The van der Waals surface area contributed by atoms with Gasteiger partial charge in [0, 0.05) is 24.9 Å². The predicted octanol–water partition coefficient (Wildman–Crippen LogP) is 2.09. The number of hydrogen-bond donors (Lipinski definition) is 1. The van der Waals surface area contributed by atoms with Crippen molar-refractivity contribution in [1.29, 1.82) is 0 Å².